The van der Waals surface area contributed by atoms with Gasteiger partial charge in [-0.2, -0.15) is 5.10 Å². The van der Waals surface area contributed by atoms with Gasteiger partial charge in [-0.15, -0.1) is 11.3 Å². The predicted molar refractivity (Wildman–Crippen MR) is 102 cm³/mol. The molecular weight excluding hydrogens is 382 g/mol. The molecular formula is C18H17N5O4S. The zero-order valence-electron chi connectivity index (χ0n) is 14.9. The second kappa shape index (κ2) is 8.44. The van der Waals surface area contributed by atoms with Gasteiger partial charge < -0.3 is 15.8 Å². The van der Waals surface area contributed by atoms with Crippen LogP contribution in [0.1, 0.15) is 33.3 Å². The van der Waals surface area contributed by atoms with Crippen molar-refractivity contribution in [2.45, 2.75) is 13.3 Å². The molecule has 0 atom stereocenters. The minimum absolute atomic E-state index is 0.203. The molecule has 3 aromatic heterocycles. The number of ether oxygens (including phenoxy) is 1. The first-order valence-corrected chi connectivity index (χ1v) is 9.21. The average Bonchev–Trinajstić information content (AvgIpc) is 3.33. The molecule has 3 aromatic rings. The molecule has 0 unspecified atom stereocenters. The molecule has 3 N–H and O–H groups in total. The highest BCUT2D eigenvalue weighted by atomic mass is 32.1. The van der Waals surface area contributed by atoms with Gasteiger partial charge in [0.2, 0.25) is 0 Å². The summed E-state index contributed by atoms with van der Waals surface area (Å²) >= 11 is 1.15. The molecule has 0 fully saturated rings. The van der Waals surface area contributed by atoms with E-state index < -0.39 is 24.4 Å². The molecule has 144 valence electrons. The second-order valence-electron chi connectivity index (χ2n) is 5.61. The number of pyridine rings is 1. The topological polar surface area (TPSA) is 129 Å². The number of thiophene rings is 1. The summed E-state index contributed by atoms with van der Waals surface area (Å²) in [7, 11) is 0. The highest BCUT2D eigenvalue weighted by Crippen LogP contribution is 2.22. The van der Waals surface area contributed by atoms with Crippen LogP contribution in [0.2, 0.25) is 0 Å². The zero-order valence-corrected chi connectivity index (χ0v) is 15.7. The first-order chi connectivity index (χ1) is 13.5. The van der Waals surface area contributed by atoms with Gasteiger partial charge in [-0.05, 0) is 30.0 Å². The molecule has 0 bridgehead atoms. The molecule has 0 spiro atoms. The summed E-state index contributed by atoms with van der Waals surface area (Å²) in [5.74, 6) is -1.32. The largest absolute Gasteiger partial charge is 0.452 e. The monoisotopic (exact) mass is 399 g/mol. The van der Waals surface area contributed by atoms with Gasteiger partial charge in [0.05, 0.1) is 17.5 Å². The van der Waals surface area contributed by atoms with Crippen molar-refractivity contribution in [2.24, 2.45) is 5.73 Å². The molecule has 0 saturated carbocycles. The highest BCUT2D eigenvalue weighted by Gasteiger charge is 2.20. The van der Waals surface area contributed by atoms with Gasteiger partial charge in [0.1, 0.15) is 10.6 Å². The quantitative estimate of drug-likeness (QED) is 0.583. The molecule has 0 aliphatic heterocycles. The molecule has 9 nitrogen and oxygen atoms in total. The van der Waals surface area contributed by atoms with E-state index in [-0.39, 0.29) is 11.1 Å². The Morgan fingerprint density at radius 2 is 2.07 bits per heavy atom. The molecule has 2 amide bonds. The van der Waals surface area contributed by atoms with Crippen molar-refractivity contribution in [2.75, 3.05) is 11.9 Å². The van der Waals surface area contributed by atoms with Crippen molar-refractivity contribution in [1.82, 2.24) is 14.8 Å². The van der Waals surface area contributed by atoms with Gasteiger partial charge in [-0.25, -0.2) is 14.5 Å². The summed E-state index contributed by atoms with van der Waals surface area (Å²) in [5.41, 5.74) is 6.32. The van der Waals surface area contributed by atoms with Crippen LogP contribution in [0.5, 0.6) is 0 Å². The summed E-state index contributed by atoms with van der Waals surface area (Å²) in [5, 5.41) is 8.65. The summed E-state index contributed by atoms with van der Waals surface area (Å²) in [6.07, 6.45) is 3.53. The Balaban J connectivity index is 1.67. The third-order valence-electron chi connectivity index (χ3n) is 3.81. The molecule has 0 aliphatic carbocycles. The van der Waals surface area contributed by atoms with Crippen LogP contribution >= 0.6 is 11.3 Å². The molecule has 0 aliphatic rings. The first-order valence-electron chi connectivity index (χ1n) is 8.33. The van der Waals surface area contributed by atoms with Gasteiger partial charge in [0, 0.05) is 6.20 Å². The molecule has 0 aromatic carbocycles. The highest BCUT2D eigenvalue weighted by molar-refractivity contribution is 7.14. The number of anilines is 1. The van der Waals surface area contributed by atoms with E-state index in [1.54, 1.807) is 28.4 Å². The van der Waals surface area contributed by atoms with Gasteiger partial charge in [-0.1, -0.05) is 13.0 Å². The summed E-state index contributed by atoms with van der Waals surface area (Å²) in [6, 6.07) is 6.88. The molecule has 10 heteroatoms. The second-order valence-corrected chi connectivity index (χ2v) is 6.53. The van der Waals surface area contributed by atoms with E-state index in [0.717, 1.165) is 11.3 Å². The van der Waals surface area contributed by atoms with Gasteiger partial charge in [0.15, 0.2) is 12.4 Å². The Morgan fingerprint density at radius 3 is 2.75 bits per heavy atom. The number of amides is 2. The van der Waals surface area contributed by atoms with Crippen LogP contribution in [0, 0.1) is 0 Å². The van der Waals surface area contributed by atoms with Crippen LogP contribution in [0.25, 0.3) is 5.82 Å². The lowest BCUT2D eigenvalue weighted by Crippen LogP contribution is -2.22. The van der Waals surface area contributed by atoms with Crippen molar-refractivity contribution < 1.29 is 19.1 Å². The van der Waals surface area contributed by atoms with E-state index in [2.05, 4.69) is 15.4 Å². The van der Waals surface area contributed by atoms with E-state index in [1.165, 1.54) is 12.3 Å². The Labute approximate surface area is 164 Å². The number of aromatic nitrogens is 3. The van der Waals surface area contributed by atoms with E-state index in [9.17, 15) is 14.4 Å². The third-order valence-corrected chi connectivity index (χ3v) is 4.64. The van der Waals surface area contributed by atoms with Crippen LogP contribution in [0.3, 0.4) is 0 Å². The maximum atomic E-state index is 12.4. The van der Waals surface area contributed by atoms with E-state index in [0.29, 0.717) is 22.9 Å². The Bertz CT molecular complexity index is 1010. The van der Waals surface area contributed by atoms with Gasteiger partial charge >= 0.3 is 5.97 Å². The minimum atomic E-state index is -0.671. The number of primary amides is 1. The fourth-order valence-corrected chi connectivity index (χ4v) is 3.34. The van der Waals surface area contributed by atoms with Crippen molar-refractivity contribution in [3.63, 3.8) is 0 Å². The Morgan fingerprint density at radius 1 is 1.25 bits per heavy atom. The van der Waals surface area contributed by atoms with Gasteiger partial charge in [0.25, 0.3) is 11.8 Å². The summed E-state index contributed by atoms with van der Waals surface area (Å²) in [4.78, 5) is 39.9. The number of hydrogen-bond acceptors (Lipinski definition) is 7. The van der Waals surface area contributed by atoms with E-state index in [1.807, 2.05) is 13.0 Å². The van der Waals surface area contributed by atoms with Crippen molar-refractivity contribution in [3.05, 3.63) is 58.9 Å². The third kappa shape index (κ3) is 4.07. The molecule has 0 radical (unpaired) electrons. The Hall–Kier alpha value is -3.53. The predicted octanol–water partition coefficient (Wildman–Crippen LogP) is 1.79. The number of esters is 1. The van der Waals surface area contributed by atoms with Crippen molar-refractivity contribution in [3.8, 4) is 5.82 Å². The number of nitrogens with zero attached hydrogens (tertiary/aromatic N) is 3. The molecule has 3 rings (SSSR count). The maximum absolute atomic E-state index is 12.4. The number of carbonyl (C=O) groups is 3. The lowest BCUT2D eigenvalue weighted by atomic mass is 10.2. The van der Waals surface area contributed by atoms with Crippen LogP contribution in [-0.4, -0.2) is 39.2 Å². The van der Waals surface area contributed by atoms with Gasteiger partial charge in [-0.3, -0.25) is 9.59 Å². The molecule has 3 heterocycles. The Kier molecular flexibility index (Phi) is 5.80. The number of carbonyl (C=O) groups excluding carboxylic acids is 3. The van der Waals surface area contributed by atoms with Crippen LogP contribution < -0.4 is 11.1 Å². The van der Waals surface area contributed by atoms with E-state index in [4.69, 9.17) is 10.5 Å². The standard InChI is InChI=1S/C18H17N5O4S/c1-2-13-12(9-21-23(13)14-5-3-4-7-20-14)18(26)27-10-15(24)22-17-11(16(19)25)6-8-28-17/h3-9H,2,10H2,1H3,(H2,19,25)(H,22,24). The zero-order chi connectivity index (χ0) is 20.1. The normalized spacial score (nSPS) is 10.5. The SMILES string of the molecule is CCc1c(C(=O)OCC(=O)Nc2sccc2C(N)=O)cnn1-c1ccccn1. The summed E-state index contributed by atoms with van der Waals surface area (Å²) < 4.78 is 6.65. The number of hydrogen-bond donors (Lipinski definition) is 2. The van der Waals surface area contributed by atoms with Crippen molar-refractivity contribution in [1.29, 1.82) is 0 Å². The minimum Gasteiger partial charge on any atom is -0.452 e. The lowest BCUT2D eigenvalue weighted by molar-refractivity contribution is -0.119. The molecule has 0 saturated heterocycles. The summed E-state index contributed by atoms with van der Waals surface area (Å²) in [6.45, 7) is 1.37. The first kappa shape index (κ1) is 19.2. The number of nitrogens with one attached hydrogen (secondary N) is 1. The average molecular weight is 399 g/mol. The number of rotatable bonds is 7. The maximum Gasteiger partial charge on any atom is 0.342 e. The lowest BCUT2D eigenvalue weighted by Gasteiger charge is -2.08. The van der Waals surface area contributed by atoms with Crippen molar-refractivity contribution >= 4 is 34.1 Å². The smallest absolute Gasteiger partial charge is 0.342 e. The fourth-order valence-electron chi connectivity index (χ4n) is 2.53. The van der Waals surface area contributed by atoms with Crippen LogP contribution in [-0.2, 0) is 16.0 Å². The van der Waals surface area contributed by atoms with Crippen LogP contribution in [0.4, 0.5) is 5.00 Å². The van der Waals surface area contributed by atoms with E-state index >= 15 is 0 Å². The molecule has 28 heavy (non-hydrogen) atoms. The number of nitrogens with two attached hydrogens (primary N) is 1. The fraction of sp³-hybridized carbons (Fsp3) is 0.167. The van der Waals surface area contributed by atoms with Crippen LogP contribution in [0.15, 0.2) is 42.0 Å².